The fourth-order valence-electron chi connectivity index (χ4n) is 4.60. The predicted molar refractivity (Wildman–Crippen MR) is 124 cm³/mol. The number of carbonyl (C=O) groups is 1. The highest BCUT2D eigenvalue weighted by Crippen LogP contribution is 2.30. The molecule has 6 heteroatoms. The highest BCUT2D eigenvalue weighted by Gasteiger charge is 2.33. The van der Waals surface area contributed by atoms with Gasteiger partial charge in [-0.25, -0.2) is 4.39 Å². The maximum absolute atomic E-state index is 14.1. The predicted octanol–water partition coefficient (Wildman–Crippen LogP) is 5.67. The van der Waals surface area contributed by atoms with E-state index in [0.29, 0.717) is 29.7 Å². The summed E-state index contributed by atoms with van der Waals surface area (Å²) < 4.78 is 19.4. The van der Waals surface area contributed by atoms with E-state index in [1.807, 2.05) is 43.4 Å². The molecule has 3 aromatic rings. The number of halogens is 2. The Kier molecular flexibility index (Phi) is 7.28. The van der Waals surface area contributed by atoms with Gasteiger partial charge < -0.3 is 9.32 Å². The number of hydrogen-bond donors (Lipinski definition) is 0. The average Bonchev–Trinajstić information content (AvgIpc) is 3.35. The molecule has 0 spiro atoms. The summed E-state index contributed by atoms with van der Waals surface area (Å²) in [6.45, 7) is 2.33. The van der Waals surface area contributed by atoms with Crippen molar-refractivity contribution in [3.63, 3.8) is 0 Å². The molecule has 0 unspecified atom stereocenters. The Bertz CT molecular complexity index is 1030. The van der Waals surface area contributed by atoms with Crippen molar-refractivity contribution in [2.75, 3.05) is 20.1 Å². The molecule has 0 saturated carbocycles. The number of piperidine rings is 1. The lowest BCUT2D eigenvalue weighted by molar-refractivity contribution is 0.0555. The zero-order chi connectivity index (χ0) is 22.5. The first kappa shape index (κ1) is 22.6. The van der Waals surface area contributed by atoms with Crippen LogP contribution in [0.15, 0.2) is 71.3 Å². The second-order valence-corrected chi connectivity index (χ2v) is 8.87. The molecule has 0 radical (unpaired) electrons. The maximum atomic E-state index is 14.1. The molecular weight excluding hydrogens is 427 g/mol. The number of likely N-dealkylation sites (tertiary alicyclic amines) is 1. The van der Waals surface area contributed by atoms with Gasteiger partial charge in [-0.1, -0.05) is 48.0 Å². The number of rotatable bonds is 7. The van der Waals surface area contributed by atoms with Crippen LogP contribution < -0.4 is 0 Å². The number of benzene rings is 2. The first-order chi connectivity index (χ1) is 15.5. The maximum Gasteiger partial charge on any atom is 0.289 e. The summed E-state index contributed by atoms with van der Waals surface area (Å²) in [5.74, 6) is 0.372. The van der Waals surface area contributed by atoms with E-state index in [1.165, 1.54) is 12.3 Å². The highest BCUT2D eigenvalue weighted by atomic mass is 35.5. The van der Waals surface area contributed by atoms with E-state index < -0.39 is 0 Å². The Morgan fingerprint density at radius 3 is 2.44 bits per heavy atom. The molecule has 0 N–H and O–H groups in total. The molecule has 1 aliphatic heterocycles. The van der Waals surface area contributed by atoms with E-state index in [4.69, 9.17) is 16.0 Å². The van der Waals surface area contributed by atoms with Gasteiger partial charge >= 0.3 is 0 Å². The zero-order valence-electron chi connectivity index (χ0n) is 18.2. The Balaban J connectivity index is 1.48. The third-order valence-electron chi connectivity index (χ3n) is 6.46. The van der Waals surface area contributed by atoms with Crippen molar-refractivity contribution in [2.45, 2.75) is 31.8 Å². The molecule has 2 aromatic carbocycles. The molecule has 32 heavy (non-hydrogen) atoms. The van der Waals surface area contributed by atoms with Gasteiger partial charge in [-0.15, -0.1) is 0 Å². The number of furan rings is 1. The standard InChI is InChI=1S/C26H28ClFN2O2/c1-29(26(31)25-11-6-16-32-25)24(17-20-7-2-4-9-22(20)27)19-12-14-30(15-13-19)18-21-8-3-5-10-23(21)28/h2-11,16,19,24H,12-15,17-18H2,1H3/t24-/m0/s1. The number of amides is 1. The first-order valence-electron chi connectivity index (χ1n) is 11.0. The smallest absolute Gasteiger partial charge is 0.289 e. The summed E-state index contributed by atoms with van der Waals surface area (Å²) >= 11 is 6.45. The van der Waals surface area contributed by atoms with E-state index >= 15 is 0 Å². The van der Waals surface area contributed by atoms with Crippen LogP contribution in [0.4, 0.5) is 4.39 Å². The van der Waals surface area contributed by atoms with Crippen LogP contribution in [-0.2, 0) is 13.0 Å². The van der Waals surface area contributed by atoms with Gasteiger partial charge in [0.25, 0.3) is 5.91 Å². The lowest BCUT2D eigenvalue weighted by Gasteiger charge is -2.40. The number of hydrogen-bond acceptors (Lipinski definition) is 3. The fourth-order valence-corrected chi connectivity index (χ4v) is 4.81. The second-order valence-electron chi connectivity index (χ2n) is 8.46. The van der Waals surface area contributed by atoms with E-state index in [0.717, 1.165) is 37.1 Å². The summed E-state index contributed by atoms with van der Waals surface area (Å²) in [5, 5.41) is 0.716. The summed E-state index contributed by atoms with van der Waals surface area (Å²) in [6, 6.07) is 18.2. The van der Waals surface area contributed by atoms with Gasteiger partial charge in [-0.05, 0) is 68.1 Å². The van der Waals surface area contributed by atoms with E-state index in [2.05, 4.69) is 4.90 Å². The SMILES string of the molecule is CN(C(=O)c1ccco1)[C@@H](Cc1ccccc1Cl)C1CCN(Cc2ccccc2F)CC1. The van der Waals surface area contributed by atoms with Crippen LogP contribution in [0.5, 0.6) is 0 Å². The summed E-state index contributed by atoms with van der Waals surface area (Å²) in [6.07, 6.45) is 4.06. The van der Waals surface area contributed by atoms with Gasteiger partial charge in [0.05, 0.1) is 6.26 Å². The molecule has 1 saturated heterocycles. The minimum atomic E-state index is -0.157. The second kappa shape index (κ2) is 10.3. The lowest BCUT2D eigenvalue weighted by Crippen LogP contribution is -2.47. The van der Waals surface area contributed by atoms with Crippen molar-refractivity contribution < 1.29 is 13.6 Å². The van der Waals surface area contributed by atoms with Crippen molar-refractivity contribution in [3.8, 4) is 0 Å². The molecule has 1 amide bonds. The average molecular weight is 455 g/mol. The van der Waals surface area contributed by atoms with Crippen molar-refractivity contribution in [2.24, 2.45) is 5.92 Å². The Hall–Kier alpha value is -2.63. The van der Waals surface area contributed by atoms with Crippen molar-refractivity contribution in [1.29, 1.82) is 0 Å². The first-order valence-corrected chi connectivity index (χ1v) is 11.4. The summed E-state index contributed by atoms with van der Waals surface area (Å²) in [4.78, 5) is 17.1. The van der Waals surface area contributed by atoms with Crippen LogP contribution in [0.3, 0.4) is 0 Å². The third kappa shape index (κ3) is 5.22. The number of carbonyl (C=O) groups excluding carboxylic acids is 1. The van der Waals surface area contributed by atoms with E-state index in [1.54, 1.807) is 23.1 Å². The van der Waals surface area contributed by atoms with Gasteiger partial charge in [0.15, 0.2) is 5.76 Å². The van der Waals surface area contributed by atoms with Crippen LogP contribution in [0.2, 0.25) is 5.02 Å². The number of nitrogens with zero attached hydrogens (tertiary/aromatic N) is 2. The molecule has 2 heterocycles. The van der Waals surface area contributed by atoms with Crippen molar-refractivity contribution in [1.82, 2.24) is 9.80 Å². The van der Waals surface area contributed by atoms with E-state index in [9.17, 15) is 9.18 Å². The molecule has 4 rings (SSSR count). The molecule has 0 bridgehead atoms. The van der Waals surface area contributed by atoms with Gasteiger partial charge in [0.1, 0.15) is 5.82 Å². The lowest BCUT2D eigenvalue weighted by atomic mass is 9.84. The van der Waals surface area contributed by atoms with Gasteiger partial charge in [0, 0.05) is 30.2 Å². The molecule has 1 fully saturated rings. The molecule has 168 valence electrons. The zero-order valence-corrected chi connectivity index (χ0v) is 19.0. The van der Waals surface area contributed by atoms with Gasteiger partial charge in [-0.2, -0.15) is 0 Å². The number of likely N-dealkylation sites (N-methyl/N-ethyl adjacent to an activating group) is 1. The van der Waals surface area contributed by atoms with Crippen LogP contribution >= 0.6 is 11.6 Å². The molecular formula is C26H28ClFN2O2. The highest BCUT2D eigenvalue weighted by molar-refractivity contribution is 6.31. The minimum absolute atomic E-state index is 0.0110. The topological polar surface area (TPSA) is 36.7 Å². The van der Waals surface area contributed by atoms with Crippen LogP contribution in [-0.4, -0.2) is 41.9 Å². The largest absolute Gasteiger partial charge is 0.459 e. The quantitative estimate of drug-likeness (QED) is 0.461. The van der Waals surface area contributed by atoms with Crippen LogP contribution in [0.25, 0.3) is 0 Å². The molecule has 0 aliphatic carbocycles. The van der Waals surface area contributed by atoms with Crippen molar-refractivity contribution >= 4 is 17.5 Å². The van der Waals surface area contributed by atoms with Gasteiger partial charge in [0.2, 0.25) is 0 Å². The van der Waals surface area contributed by atoms with Crippen LogP contribution in [0, 0.1) is 11.7 Å². The third-order valence-corrected chi connectivity index (χ3v) is 6.83. The normalized spacial score (nSPS) is 16.1. The fraction of sp³-hybridized carbons (Fsp3) is 0.346. The monoisotopic (exact) mass is 454 g/mol. The molecule has 1 aliphatic rings. The summed E-state index contributed by atoms with van der Waals surface area (Å²) in [5.41, 5.74) is 1.76. The summed E-state index contributed by atoms with van der Waals surface area (Å²) in [7, 11) is 1.85. The van der Waals surface area contributed by atoms with Gasteiger partial charge in [-0.3, -0.25) is 9.69 Å². The molecule has 4 nitrogen and oxygen atoms in total. The van der Waals surface area contributed by atoms with Crippen LogP contribution in [0.1, 0.15) is 34.5 Å². The van der Waals surface area contributed by atoms with E-state index in [-0.39, 0.29) is 17.8 Å². The molecule has 1 aromatic heterocycles. The Labute approximate surface area is 193 Å². The Morgan fingerprint density at radius 1 is 1.09 bits per heavy atom. The molecule has 1 atom stereocenters. The Morgan fingerprint density at radius 2 is 1.78 bits per heavy atom. The minimum Gasteiger partial charge on any atom is -0.459 e. The van der Waals surface area contributed by atoms with Crippen molar-refractivity contribution in [3.05, 3.63) is 94.7 Å².